The van der Waals surface area contributed by atoms with Crippen LogP contribution in [0.5, 0.6) is 5.75 Å². The highest BCUT2D eigenvalue weighted by Crippen LogP contribution is 2.05. The second kappa shape index (κ2) is 8.69. The predicted molar refractivity (Wildman–Crippen MR) is 86.5 cm³/mol. The lowest BCUT2D eigenvalue weighted by atomic mass is 10.2. The van der Waals surface area contributed by atoms with Crippen molar-refractivity contribution in [3.8, 4) is 5.75 Å². The fourth-order valence-corrected chi connectivity index (χ4v) is 2.37. The third-order valence-electron chi connectivity index (χ3n) is 3.88. The molecule has 1 unspecified atom stereocenters. The number of hydrogen-bond acceptors (Lipinski definition) is 5. The number of morpholine rings is 1. The molecule has 2 heterocycles. The second-order valence-corrected chi connectivity index (χ2v) is 5.59. The van der Waals surface area contributed by atoms with Gasteiger partial charge < -0.3 is 24.7 Å². The summed E-state index contributed by atoms with van der Waals surface area (Å²) < 4.78 is 12.3. The molecule has 0 aromatic carbocycles. The smallest absolute Gasteiger partial charge is 0.292 e. The van der Waals surface area contributed by atoms with Crippen molar-refractivity contribution in [2.24, 2.45) is 5.73 Å². The molecule has 23 heavy (non-hydrogen) atoms. The summed E-state index contributed by atoms with van der Waals surface area (Å²) in [5, 5.41) is 0. The Morgan fingerprint density at radius 3 is 2.87 bits per heavy atom. The van der Waals surface area contributed by atoms with E-state index in [-0.39, 0.29) is 36.3 Å². The highest BCUT2D eigenvalue weighted by atomic mass is 16.5. The molecule has 0 radical (unpaired) electrons. The van der Waals surface area contributed by atoms with Gasteiger partial charge in [-0.25, -0.2) is 0 Å². The summed E-state index contributed by atoms with van der Waals surface area (Å²) in [6, 6.07) is 3.31. The fourth-order valence-electron chi connectivity index (χ4n) is 2.37. The number of carbonyl (C=O) groups is 1. The van der Waals surface area contributed by atoms with Crippen molar-refractivity contribution in [2.75, 3.05) is 32.9 Å². The molecule has 1 amide bonds. The number of nitrogens with zero attached hydrogens (tertiary/aromatic N) is 2. The summed E-state index contributed by atoms with van der Waals surface area (Å²) in [6.07, 6.45) is 2.75. The highest BCUT2D eigenvalue weighted by Gasteiger charge is 2.16. The molecule has 2 N–H and O–H groups in total. The van der Waals surface area contributed by atoms with E-state index in [2.05, 4.69) is 0 Å². The van der Waals surface area contributed by atoms with E-state index in [1.165, 1.54) is 0 Å². The Morgan fingerprint density at radius 1 is 1.43 bits per heavy atom. The molecule has 0 spiro atoms. The SMILES string of the molecule is CCC(N)Cn1cccc(OCCC(=O)N2CCOCC2)c1=O. The minimum atomic E-state index is -0.213. The average molecular weight is 323 g/mol. The first-order chi connectivity index (χ1) is 11.1. The van der Waals surface area contributed by atoms with Gasteiger partial charge in [0.25, 0.3) is 5.56 Å². The lowest BCUT2D eigenvalue weighted by Crippen LogP contribution is -2.41. The molecular weight excluding hydrogens is 298 g/mol. The summed E-state index contributed by atoms with van der Waals surface area (Å²) >= 11 is 0. The van der Waals surface area contributed by atoms with Crippen LogP contribution in [0.15, 0.2) is 23.1 Å². The van der Waals surface area contributed by atoms with Crippen LogP contribution < -0.4 is 16.0 Å². The van der Waals surface area contributed by atoms with Gasteiger partial charge in [0.05, 0.1) is 26.2 Å². The van der Waals surface area contributed by atoms with Gasteiger partial charge in [-0.1, -0.05) is 6.92 Å². The van der Waals surface area contributed by atoms with E-state index in [4.69, 9.17) is 15.2 Å². The molecule has 1 aromatic rings. The van der Waals surface area contributed by atoms with Gasteiger partial charge >= 0.3 is 0 Å². The van der Waals surface area contributed by atoms with E-state index in [1.807, 2.05) is 6.92 Å². The van der Waals surface area contributed by atoms with Crippen molar-refractivity contribution >= 4 is 5.91 Å². The molecule has 1 atom stereocenters. The Balaban J connectivity index is 1.86. The molecule has 1 aliphatic rings. The third-order valence-corrected chi connectivity index (χ3v) is 3.88. The molecule has 1 aromatic heterocycles. The Bertz CT molecular complexity index is 567. The maximum atomic E-state index is 12.3. The van der Waals surface area contributed by atoms with Crippen LogP contribution in [0.2, 0.25) is 0 Å². The van der Waals surface area contributed by atoms with Crippen molar-refractivity contribution < 1.29 is 14.3 Å². The minimum absolute atomic E-state index is 0.0255. The number of pyridine rings is 1. The largest absolute Gasteiger partial charge is 0.487 e. The van der Waals surface area contributed by atoms with Crippen LogP contribution in [0.4, 0.5) is 0 Å². The number of nitrogens with two attached hydrogens (primary N) is 1. The number of ether oxygens (including phenoxy) is 2. The topological polar surface area (TPSA) is 86.8 Å². The summed E-state index contributed by atoms with van der Waals surface area (Å²) in [5.41, 5.74) is 5.67. The van der Waals surface area contributed by atoms with E-state index in [0.717, 1.165) is 6.42 Å². The van der Waals surface area contributed by atoms with Gasteiger partial charge in [-0.15, -0.1) is 0 Å². The van der Waals surface area contributed by atoms with Crippen molar-refractivity contribution in [3.63, 3.8) is 0 Å². The van der Waals surface area contributed by atoms with E-state index >= 15 is 0 Å². The molecule has 1 aliphatic heterocycles. The van der Waals surface area contributed by atoms with Crippen LogP contribution in [0.1, 0.15) is 19.8 Å². The first kappa shape index (κ1) is 17.5. The van der Waals surface area contributed by atoms with E-state index < -0.39 is 0 Å². The number of carbonyl (C=O) groups excluding carboxylic acids is 1. The molecule has 7 nitrogen and oxygen atoms in total. The maximum Gasteiger partial charge on any atom is 0.292 e. The van der Waals surface area contributed by atoms with Crippen LogP contribution in [0.25, 0.3) is 0 Å². The van der Waals surface area contributed by atoms with Gasteiger partial charge in [-0.05, 0) is 18.6 Å². The first-order valence-corrected chi connectivity index (χ1v) is 8.05. The van der Waals surface area contributed by atoms with E-state index in [9.17, 15) is 9.59 Å². The van der Waals surface area contributed by atoms with E-state index in [1.54, 1.807) is 27.8 Å². The van der Waals surface area contributed by atoms with E-state index in [0.29, 0.717) is 32.8 Å². The van der Waals surface area contributed by atoms with Crippen LogP contribution in [-0.4, -0.2) is 54.3 Å². The summed E-state index contributed by atoms with van der Waals surface area (Å²) in [7, 11) is 0. The zero-order valence-corrected chi connectivity index (χ0v) is 13.6. The number of hydrogen-bond donors (Lipinski definition) is 1. The number of aromatic nitrogens is 1. The Hall–Kier alpha value is -1.86. The number of amides is 1. The van der Waals surface area contributed by atoms with Crippen molar-refractivity contribution in [1.29, 1.82) is 0 Å². The van der Waals surface area contributed by atoms with Gasteiger partial charge in [0.15, 0.2) is 5.75 Å². The van der Waals surface area contributed by atoms with Crippen molar-refractivity contribution in [3.05, 3.63) is 28.7 Å². The molecule has 0 saturated carbocycles. The van der Waals surface area contributed by atoms with Crippen LogP contribution >= 0.6 is 0 Å². The predicted octanol–water partition coefficient (Wildman–Crippen LogP) is 0.213. The second-order valence-electron chi connectivity index (χ2n) is 5.59. The highest BCUT2D eigenvalue weighted by molar-refractivity contribution is 5.76. The molecule has 128 valence electrons. The first-order valence-electron chi connectivity index (χ1n) is 8.05. The van der Waals surface area contributed by atoms with Gasteiger partial charge in [0.1, 0.15) is 0 Å². The van der Waals surface area contributed by atoms with Gasteiger partial charge in [-0.3, -0.25) is 9.59 Å². The quantitative estimate of drug-likeness (QED) is 0.775. The Morgan fingerprint density at radius 2 is 2.17 bits per heavy atom. The zero-order valence-electron chi connectivity index (χ0n) is 13.6. The molecule has 1 fully saturated rings. The van der Waals surface area contributed by atoms with Crippen LogP contribution in [0.3, 0.4) is 0 Å². The maximum absolute atomic E-state index is 12.3. The average Bonchev–Trinajstić information content (AvgIpc) is 2.58. The normalized spacial score (nSPS) is 16.2. The minimum Gasteiger partial charge on any atom is -0.487 e. The molecule has 2 rings (SSSR count). The summed E-state index contributed by atoms with van der Waals surface area (Å²) in [4.78, 5) is 26.0. The molecule has 0 bridgehead atoms. The van der Waals surface area contributed by atoms with Gasteiger partial charge in [0, 0.05) is 31.9 Å². The van der Waals surface area contributed by atoms with Gasteiger partial charge in [0.2, 0.25) is 5.91 Å². The molecule has 0 aliphatic carbocycles. The Kier molecular flexibility index (Phi) is 6.61. The Labute approximate surface area is 136 Å². The lowest BCUT2D eigenvalue weighted by Gasteiger charge is -2.26. The van der Waals surface area contributed by atoms with Crippen molar-refractivity contribution in [2.45, 2.75) is 32.4 Å². The standard InChI is InChI=1S/C16H25N3O4/c1-2-13(17)12-19-6-3-4-14(16(19)21)23-9-5-15(20)18-7-10-22-11-8-18/h3-4,6,13H,2,5,7-12,17H2,1H3. The molecular formula is C16H25N3O4. The number of rotatable bonds is 7. The van der Waals surface area contributed by atoms with Crippen LogP contribution in [-0.2, 0) is 16.1 Å². The molecule has 1 saturated heterocycles. The monoisotopic (exact) mass is 323 g/mol. The molecule has 7 heteroatoms. The zero-order chi connectivity index (χ0) is 16.7. The van der Waals surface area contributed by atoms with Crippen molar-refractivity contribution in [1.82, 2.24) is 9.47 Å². The van der Waals surface area contributed by atoms with Gasteiger partial charge in [-0.2, -0.15) is 0 Å². The van der Waals surface area contributed by atoms with Crippen LogP contribution in [0, 0.1) is 0 Å². The lowest BCUT2D eigenvalue weighted by molar-refractivity contribution is -0.135. The summed E-state index contributed by atoms with van der Waals surface area (Å²) in [5.74, 6) is 0.281. The summed E-state index contributed by atoms with van der Waals surface area (Å²) in [6.45, 7) is 5.01. The fraction of sp³-hybridized carbons (Fsp3) is 0.625. The third kappa shape index (κ3) is 5.07.